The van der Waals surface area contributed by atoms with Gasteiger partial charge in [0.05, 0.1) is 39.9 Å². The molecule has 0 saturated carbocycles. The molecule has 42 heavy (non-hydrogen) atoms. The second kappa shape index (κ2) is 11.1. The van der Waals surface area contributed by atoms with Crippen LogP contribution in [-0.2, 0) is 16.1 Å². The molecular formula is C32H26N4O5S. The van der Waals surface area contributed by atoms with Crippen LogP contribution in [0.25, 0.3) is 17.0 Å². The fourth-order valence-corrected chi connectivity index (χ4v) is 6.43. The van der Waals surface area contributed by atoms with Crippen molar-refractivity contribution >= 4 is 40.0 Å². The molecule has 10 heteroatoms. The van der Waals surface area contributed by atoms with Gasteiger partial charge in [0, 0.05) is 28.2 Å². The van der Waals surface area contributed by atoms with E-state index in [-0.39, 0.29) is 29.3 Å². The van der Waals surface area contributed by atoms with E-state index in [9.17, 15) is 19.7 Å². The van der Waals surface area contributed by atoms with Gasteiger partial charge >= 0.3 is 5.97 Å². The lowest BCUT2D eigenvalue weighted by Gasteiger charge is -2.24. The van der Waals surface area contributed by atoms with E-state index in [4.69, 9.17) is 4.74 Å². The number of hydrogen-bond acceptors (Lipinski definition) is 7. The van der Waals surface area contributed by atoms with Crippen molar-refractivity contribution < 1.29 is 14.5 Å². The third-order valence-electron chi connectivity index (χ3n) is 7.27. The molecule has 0 aliphatic carbocycles. The Morgan fingerprint density at radius 2 is 1.79 bits per heavy atom. The number of carbonyl (C=O) groups excluding carboxylic acids is 1. The average molecular weight is 579 g/mol. The van der Waals surface area contributed by atoms with Gasteiger partial charge in [-0.3, -0.25) is 19.5 Å². The lowest BCUT2D eigenvalue weighted by atomic mass is 9.96. The molecule has 0 saturated heterocycles. The third-order valence-corrected chi connectivity index (χ3v) is 8.25. The number of esters is 1. The monoisotopic (exact) mass is 578 g/mol. The molecule has 5 aromatic rings. The molecule has 9 nitrogen and oxygen atoms in total. The Bertz CT molecular complexity index is 2070. The predicted octanol–water partition coefficient (Wildman–Crippen LogP) is 4.71. The van der Waals surface area contributed by atoms with Crippen LogP contribution in [0.15, 0.2) is 106 Å². The zero-order valence-corrected chi connectivity index (χ0v) is 23.7. The minimum atomic E-state index is -0.693. The molecule has 1 aliphatic rings. The van der Waals surface area contributed by atoms with Crippen molar-refractivity contribution in [1.29, 1.82) is 0 Å². The number of nitrogens with zero attached hydrogens (tertiary/aromatic N) is 4. The highest BCUT2D eigenvalue weighted by molar-refractivity contribution is 7.07. The normalized spacial score (nSPS) is 15.0. The highest BCUT2D eigenvalue weighted by atomic mass is 32.1. The van der Waals surface area contributed by atoms with Crippen LogP contribution in [0, 0.1) is 10.1 Å². The van der Waals surface area contributed by atoms with Crippen molar-refractivity contribution in [2.24, 2.45) is 4.99 Å². The first-order chi connectivity index (χ1) is 20.4. The van der Waals surface area contributed by atoms with E-state index in [0.29, 0.717) is 26.2 Å². The molecule has 0 spiro atoms. The van der Waals surface area contributed by atoms with E-state index in [0.717, 1.165) is 22.2 Å². The van der Waals surface area contributed by atoms with E-state index in [2.05, 4.69) is 4.99 Å². The molecule has 3 aromatic carbocycles. The molecule has 0 fully saturated rings. The number of fused-ring (bicyclic) bond motifs is 2. The average Bonchev–Trinajstić information content (AvgIpc) is 3.49. The molecule has 0 N–H and O–H groups in total. The van der Waals surface area contributed by atoms with Crippen LogP contribution in [0.1, 0.15) is 36.7 Å². The maximum Gasteiger partial charge on any atom is 0.338 e. The number of thiazole rings is 1. The van der Waals surface area contributed by atoms with Gasteiger partial charge in [0.15, 0.2) is 4.80 Å². The Morgan fingerprint density at radius 3 is 2.55 bits per heavy atom. The van der Waals surface area contributed by atoms with E-state index >= 15 is 0 Å². The number of allylic oxidation sites excluding steroid dienone is 1. The van der Waals surface area contributed by atoms with Gasteiger partial charge in [-0.2, -0.15) is 0 Å². The topological polar surface area (TPSA) is 109 Å². The first kappa shape index (κ1) is 27.1. The predicted molar refractivity (Wildman–Crippen MR) is 161 cm³/mol. The highest BCUT2D eigenvalue weighted by Gasteiger charge is 2.33. The van der Waals surface area contributed by atoms with Gasteiger partial charge in [-0.25, -0.2) is 9.79 Å². The molecule has 6 rings (SSSR count). The van der Waals surface area contributed by atoms with Crippen LogP contribution in [0.2, 0.25) is 0 Å². The summed E-state index contributed by atoms with van der Waals surface area (Å²) >= 11 is 1.24. The summed E-state index contributed by atoms with van der Waals surface area (Å²) in [5.41, 5.74) is 3.50. The van der Waals surface area contributed by atoms with Crippen LogP contribution in [0.3, 0.4) is 0 Å². The van der Waals surface area contributed by atoms with Gasteiger partial charge < -0.3 is 9.30 Å². The van der Waals surface area contributed by atoms with Gasteiger partial charge in [-0.15, -0.1) is 0 Å². The molecule has 210 valence electrons. The standard InChI is InChI=1S/C32H26N4O5S/c1-3-41-31(38)28-20(2)33-32-35(29(28)21-11-5-4-6-12-21)30(37)27(42-32)18-24-17-22-13-7-9-15-25(22)34(24)19-23-14-8-10-16-26(23)36(39)40/h4-18,29H,3,19H2,1-2H3/b27-18+. The molecule has 2 aromatic heterocycles. The SMILES string of the molecule is CCOC(=O)C1=C(C)N=c2s/c(=C/c3cc4ccccc4n3Cc3ccccc3[N+](=O)[O-])c(=O)n2C1c1ccccc1. The number of nitro benzene ring substituents is 1. The molecule has 3 heterocycles. The summed E-state index contributed by atoms with van der Waals surface area (Å²) in [4.78, 5) is 43.6. The summed E-state index contributed by atoms with van der Waals surface area (Å²) < 4.78 is 9.32. The fraction of sp³-hybridized carbons (Fsp3) is 0.156. The summed E-state index contributed by atoms with van der Waals surface area (Å²) in [6.07, 6.45) is 1.80. The number of nitro groups is 1. The van der Waals surface area contributed by atoms with Gasteiger partial charge in [0.2, 0.25) is 0 Å². The van der Waals surface area contributed by atoms with Crippen molar-refractivity contribution in [1.82, 2.24) is 9.13 Å². The summed E-state index contributed by atoms with van der Waals surface area (Å²) in [7, 11) is 0. The largest absolute Gasteiger partial charge is 0.463 e. The Hall–Kier alpha value is -5.09. The number of rotatable bonds is 7. The number of carbonyl (C=O) groups is 1. The minimum Gasteiger partial charge on any atom is -0.463 e. The Balaban J connectivity index is 1.55. The van der Waals surface area contributed by atoms with Crippen LogP contribution < -0.4 is 14.9 Å². The molecular weight excluding hydrogens is 552 g/mol. The third kappa shape index (κ3) is 4.75. The van der Waals surface area contributed by atoms with Crippen LogP contribution in [0.4, 0.5) is 5.69 Å². The molecule has 1 aliphatic heterocycles. The summed E-state index contributed by atoms with van der Waals surface area (Å²) in [6, 6.07) is 25.1. The maximum atomic E-state index is 14.1. The van der Waals surface area contributed by atoms with Crippen molar-refractivity contribution in [2.75, 3.05) is 6.61 Å². The van der Waals surface area contributed by atoms with Crippen LogP contribution in [0.5, 0.6) is 0 Å². The van der Waals surface area contributed by atoms with Crippen molar-refractivity contribution in [3.05, 3.63) is 143 Å². The van der Waals surface area contributed by atoms with E-state index < -0.39 is 12.0 Å². The zero-order chi connectivity index (χ0) is 29.4. The zero-order valence-electron chi connectivity index (χ0n) is 22.9. The highest BCUT2D eigenvalue weighted by Crippen LogP contribution is 2.31. The Labute approximate surface area is 244 Å². The lowest BCUT2D eigenvalue weighted by molar-refractivity contribution is -0.385. The molecule has 0 amide bonds. The molecule has 1 unspecified atom stereocenters. The Kier molecular flexibility index (Phi) is 7.13. The van der Waals surface area contributed by atoms with Gasteiger partial charge in [-0.1, -0.05) is 78.1 Å². The van der Waals surface area contributed by atoms with E-state index in [1.807, 2.05) is 65.2 Å². The van der Waals surface area contributed by atoms with Crippen molar-refractivity contribution in [3.63, 3.8) is 0 Å². The number of para-hydroxylation sites is 2. The number of benzene rings is 3. The molecule has 0 bridgehead atoms. The maximum absolute atomic E-state index is 14.1. The van der Waals surface area contributed by atoms with Crippen LogP contribution in [-0.4, -0.2) is 26.6 Å². The minimum absolute atomic E-state index is 0.0328. The van der Waals surface area contributed by atoms with Gasteiger partial charge in [0.1, 0.15) is 0 Å². The second-order valence-electron chi connectivity index (χ2n) is 9.81. The van der Waals surface area contributed by atoms with Crippen LogP contribution >= 0.6 is 11.3 Å². The van der Waals surface area contributed by atoms with E-state index in [1.54, 1.807) is 42.7 Å². The number of aromatic nitrogens is 2. The number of hydrogen-bond donors (Lipinski definition) is 0. The van der Waals surface area contributed by atoms with Crippen molar-refractivity contribution in [2.45, 2.75) is 26.4 Å². The first-order valence-electron chi connectivity index (χ1n) is 13.4. The summed E-state index contributed by atoms with van der Waals surface area (Å²) in [5.74, 6) is -0.508. The number of ether oxygens (including phenoxy) is 1. The fourth-order valence-electron chi connectivity index (χ4n) is 5.40. The smallest absolute Gasteiger partial charge is 0.338 e. The molecule has 1 atom stereocenters. The van der Waals surface area contributed by atoms with E-state index in [1.165, 1.54) is 17.4 Å². The Morgan fingerprint density at radius 1 is 1.07 bits per heavy atom. The summed E-state index contributed by atoms with van der Waals surface area (Å²) in [5, 5.41) is 12.7. The quantitative estimate of drug-likeness (QED) is 0.158. The van der Waals surface area contributed by atoms with Gasteiger partial charge in [-0.05, 0) is 37.6 Å². The first-order valence-corrected chi connectivity index (χ1v) is 14.2. The van der Waals surface area contributed by atoms with Gasteiger partial charge in [0.25, 0.3) is 11.2 Å². The second-order valence-corrected chi connectivity index (χ2v) is 10.8. The summed E-state index contributed by atoms with van der Waals surface area (Å²) in [6.45, 7) is 3.94. The molecule has 0 radical (unpaired) electrons. The van der Waals surface area contributed by atoms with Crippen molar-refractivity contribution in [3.8, 4) is 0 Å². The lowest BCUT2D eigenvalue weighted by Crippen LogP contribution is -2.40.